The molecule has 2 rings (SSSR count). The van der Waals surface area contributed by atoms with Crippen LogP contribution in [0.5, 0.6) is 0 Å². The lowest BCUT2D eigenvalue weighted by Crippen LogP contribution is -2.32. The van der Waals surface area contributed by atoms with E-state index in [1.165, 1.54) is 69.9 Å². The Kier molecular flexibility index (Phi) is 8.56. The van der Waals surface area contributed by atoms with E-state index in [1.54, 1.807) is 0 Å². The molecule has 0 radical (unpaired) electrons. The number of rotatable bonds is 8. The highest BCUT2D eigenvalue weighted by Crippen LogP contribution is 2.41. The van der Waals surface area contributed by atoms with Crippen molar-refractivity contribution < 1.29 is 5.11 Å². The summed E-state index contributed by atoms with van der Waals surface area (Å²) in [5.74, 6) is 2.60. The van der Waals surface area contributed by atoms with Gasteiger partial charge < -0.3 is 5.11 Å². The molecule has 2 saturated carbocycles. The molecule has 2 aliphatic carbocycles. The summed E-state index contributed by atoms with van der Waals surface area (Å²) in [5.41, 5.74) is 0. The fourth-order valence-corrected chi connectivity index (χ4v) is 7.14. The summed E-state index contributed by atoms with van der Waals surface area (Å²) in [6.45, 7) is 7.18. The van der Waals surface area contributed by atoms with Crippen LogP contribution in [0, 0.1) is 17.8 Å². The van der Waals surface area contributed by atoms with E-state index in [2.05, 4.69) is 32.2 Å². The number of hydrogen-bond acceptors (Lipinski definition) is 1. The molecule has 0 bridgehead atoms. The van der Waals surface area contributed by atoms with Crippen molar-refractivity contribution in [2.75, 3.05) is 0 Å². The molecule has 1 atom stereocenters. The molecule has 0 saturated heterocycles. The van der Waals surface area contributed by atoms with Crippen LogP contribution < -0.4 is 0 Å². The molecular formula is C22H42OSi. The van der Waals surface area contributed by atoms with E-state index >= 15 is 0 Å². The highest BCUT2D eigenvalue weighted by molar-refractivity contribution is 6.77. The van der Waals surface area contributed by atoms with Crippen LogP contribution in [-0.4, -0.2) is 19.3 Å². The SMILES string of the molecule is CCC=CC[Si](C)(C)CCC(O)C1CCC(C2CCCCC2)CC1. The summed E-state index contributed by atoms with van der Waals surface area (Å²) < 4.78 is 0. The fourth-order valence-electron chi connectivity index (χ4n) is 5.05. The van der Waals surface area contributed by atoms with Crippen molar-refractivity contribution >= 4 is 8.07 Å². The minimum atomic E-state index is -1.15. The average Bonchev–Trinajstić information content (AvgIpc) is 2.61. The van der Waals surface area contributed by atoms with E-state index in [9.17, 15) is 5.11 Å². The van der Waals surface area contributed by atoms with Gasteiger partial charge in [0.25, 0.3) is 0 Å². The maximum atomic E-state index is 10.7. The van der Waals surface area contributed by atoms with E-state index in [-0.39, 0.29) is 6.10 Å². The first-order chi connectivity index (χ1) is 11.5. The van der Waals surface area contributed by atoms with Crippen molar-refractivity contribution in [3.05, 3.63) is 12.2 Å². The van der Waals surface area contributed by atoms with Crippen molar-refractivity contribution in [2.45, 2.75) is 109 Å². The van der Waals surface area contributed by atoms with Crippen LogP contribution in [0.2, 0.25) is 25.2 Å². The molecule has 2 heteroatoms. The molecule has 140 valence electrons. The van der Waals surface area contributed by atoms with E-state index < -0.39 is 8.07 Å². The highest BCUT2D eigenvalue weighted by atomic mass is 28.3. The van der Waals surface area contributed by atoms with Gasteiger partial charge in [-0.05, 0) is 62.3 Å². The maximum absolute atomic E-state index is 10.7. The first-order valence-electron chi connectivity index (χ1n) is 10.8. The lowest BCUT2D eigenvalue weighted by Gasteiger charge is -2.37. The van der Waals surface area contributed by atoms with Gasteiger partial charge in [0.1, 0.15) is 0 Å². The molecule has 0 heterocycles. The average molecular weight is 351 g/mol. The Hall–Kier alpha value is -0.0831. The van der Waals surface area contributed by atoms with Crippen molar-refractivity contribution in [2.24, 2.45) is 17.8 Å². The third-order valence-corrected chi connectivity index (χ3v) is 9.85. The largest absolute Gasteiger partial charge is 0.393 e. The summed E-state index contributed by atoms with van der Waals surface area (Å²) in [7, 11) is -1.15. The molecule has 0 aromatic rings. The Morgan fingerprint density at radius 3 is 2.17 bits per heavy atom. The maximum Gasteiger partial charge on any atom is 0.0565 e. The smallest absolute Gasteiger partial charge is 0.0565 e. The standard InChI is InChI=1S/C22H42OSi/c1-4-5-9-17-24(2,3)18-16-22(23)21-14-12-20(13-15-21)19-10-7-6-8-11-19/h5,9,19-23H,4,6-8,10-18H2,1-3H3. The first-order valence-corrected chi connectivity index (χ1v) is 14.3. The molecule has 0 aliphatic heterocycles. The molecule has 0 amide bonds. The Balaban J connectivity index is 1.68. The topological polar surface area (TPSA) is 20.2 Å². The first kappa shape index (κ1) is 20.2. The van der Waals surface area contributed by atoms with Gasteiger partial charge in [0.05, 0.1) is 14.2 Å². The second kappa shape index (κ2) is 10.2. The van der Waals surface area contributed by atoms with Gasteiger partial charge in [-0.3, -0.25) is 0 Å². The van der Waals surface area contributed by atoms with Crippen LogP contribution in [0.4, 0.5) is 0 Å². The van der Waals surface area contributed by atoms with Crippen molar-refractivity contribution in [1.29, 1.82) is 0 Å². The summed E-state index contributed by atoms with van der Waals surface area (Å²) in [6, 6.07) is 2.56. The lowest BCUT2D eigenvalue weighted by atomic mass is 9.70. The molecule has 0 aromatic heterocycles. The predicted molar refractivity (Wildman–Crippen MR) is 109 cm³/mol. The summed E-state index contributed by atoms with van der Waals surface area (Å²) in [5, 5.41) is 10.7. The minimum absolute atomic E-state index is 0.0285. The van der Waals surface area contributed by atoms with Gasteiger partial charge in [0.15, 0.2) is 0 Å². The quantitative estimate of drug-likeness (QED) is 0.377. The van der Waals surface area contributed by atoms with E-state index in [0.29, 0.717) is 5.92 Å². The number of aliphatic hydroxyl groups excluding tert-OH is 1. The summed E-state index contributed by atoms with van der Waals surface area (Å²) in [6.07, 6.45) is 19.6. The van der Waals surface area contributed by atoms with Gasteiger partial charge in [0, 0.05) is 0 Å². The Morgan fingerprint density at radius 1 is 0.917 bits per heavy atom. The Morgan fingerprint density at radius 2 is 1.54 bits per heavy atom. The Bertz CT molecular complexity index is 362. The monoisotopic (exact) mass is 350 g/mol. The molecule has 2 aliphatic rings. The van der Waals surface area contributed by atoms with Crippen molar-refractivity contribution in [3.63, 3.8) is 0 Å². The van der Waals surface area contributed by atoms with Crippen molar-refractivity contribution in [1.82, 2.24) is 0 Å². The fraction of sp³-hybridized carbons (Fsp3) is 0.909. The Labute approximate surface area is 152 Å². The summed E-state index contributed by atoms with van der Waals surface area (Å²) in [4.78, 5) is 0. The normalized spacial score (nSPS) is 28.3. The third-order valence-electron chi connectivity index (χ3n) is 6.87. The number of aliphatic hydroxyl groups is 1. The van der Waals surface area contributed by atoms with Gasteiger partial charge in [-0.2, -0.15) is 0 Å². The zero-order valence-electron chi connectivity index (χ0n) is 16.6. The molecule has 1 unspecified atom stereocenters. The predicted octanol–water partition coefficient (Wildman–Crippen LogP) is 6.80. The molecule has 1 N–H and O–H groups in total. The van der Waals surface area contributed by atoms with Crippen LogP contribution in [0.1, 0.15) is 77.6 Å². The van der Waals surface area contributed by atoms with Gasteiger partial charge in [-0.1, -0.05) is 70.3 Å². The van der Waals surface area contributed by atoms with Crippen molar-refractivity contribution in [3.8, 4) is 0 Å². The van der Waals surface area contributed by atoms with Crippen LogP contribution >= 0.6 is 0 Å². The van der Waals surface area contributed by atoms with E-state index in [4.69, 9.17) is 0 Å². The van der Waals surface area contributed by atoms with Crippen LogP contribution in [-0.2, 0) is 0 Å². The molecule has 2 fully saturated rings. The van der Waals surface area contributed by atoms with E-state index in [1.807, 2.05) is 0 Å². The molecule has 0 spiro atoms. The minimum Gasteiger partial charge on any atom is -0.393 e. The zero-order valence-corrected chi connectivity index (χ0v) is 17.6. The van der Waals surface area contributed by atoms with Gasteiger partial charge in [-0.15, -0.1) is 0 Å². The zero-order chi connectivity index (χ0) is 17.4. The molecule has 1 nitrogen and oxygen atoms in total. The summed E-state index contributed by atoms with van der Waals surface area (Å²) >= 11 is 0. The van der Waals surface area contributed by atoms with Crippen LogP contribution in [0.15, 0.2) is 12.2 Å². The highest BCUT2D eigenvalue weighted by Gasteiger charge is 2.32. The third kappa shape index (κ3) is 6.67. The lowest BCUT2D eigenvalue weighted by molar-refractivity contribution is 0.0571. The van der Waals surface area contributed by atoms with Gasteiger partial charge in [0.2, 0.25) is 0 Å². The van der Waals surface area contributed by atoms with Gasteiger partial charge in [-0.25, -0.2) is 0 Å². The van der Waals surface area contributed by atoms with Crippen LogP contribution in [0.3, 0.4) is 0 Å². The molecular weight excluding hydrogens is 308 g/mol. The van der Waals surface area contributed by atoms with Gasteiger partial charge >= 0.3 is 0 Å². The second-order valence-corrected chi connectivity index (χ2v) is 14.7. The number of hydrogen-bond donors (Lipinski definition) is 1. The molecule has 0 aromatic carbocycles. The van der Waals surface area contributed by atoms with E-state index in [0.717, 1.165) is 24.7 Å². The second-order valence-electron chi connectivity index (χ2n) is 9.43. The van der Waals surface area contributed by atoms with Crippen LogP contribution in [0.25, 0.3) is 0 Å². The molecule has 24 heavy (non-hydrogen) atoms. The number of allylic oxidation sites excluding steroid dienone is 2.